The zero-order valence-corrected chi connectivity index (χ0v) is 14.1. The lowest BCUT2D eigenvalue weighted by Crippen LogP contribution is -1.91. The van der Waals surface area contributed by atoms with Gasteiger partial charge in [0.1, 0.15) is 0 Å². The Kier molecular flexibility index (Phi) is 10.5. The van der Waals surface area contributed by atoms with E-state index >= 15 is 0 Å². The minimum atomic E-state index is 0. The highest BCUT2D eigenvalue weighted by Gasteiger charge is 1.99. The van der Waals surface area contributed by atoms with Crippen molar-refractivity contribution in [2.24, 2.45) is 0 Å². The smallest absolute Gasteiger partial charge is 0.0305 e. The molecule has 124 valence electrons. The molecule has 0 fully saturated rings. The fraction of sp³-hybridized carbons (Fsp3) is 0.455. The van der Waals surface area contributed by atoms with Gasteiger partial charge in [0.25, 0.3) is 0 Å². The maximum atomic E-state index is 2.28. The van der Waals surface area contributed by atoms with Crippen molar-refractivity contribution in [3.8, 4) is 0 Å². The normalized spacial score (nSPS) is 9.05. The summed E-state index contributed by atoms with van der Waals surface area (Å²) in [7, 11) is 0. The minimum absolute atomic E-state index is 0. The first-order valence-corrected chi connectivity index (χ1v) is 7.45. The molecule has 0 saturated carbocycles. The summed E-state index contributed by atoms with van der Waals surface area (Å²) < 4.78 is 0. The third-order valence-electron chi connectivity index (χ3n) is 3.96. The van der Waals surface area contributed by atoms with E-state index in [9.17, 15) is 0 Å². The van der Waals surface area contributed by atoms with Crippen molar-refractivity contribution in [2.75, 3.05) is 0 Å². The van der Waals surface area contributed by atoms with E-state index in [4.69, 9.17) is 0 Å². The van der Waals surface area contributed by atoms with Crippen molar-refractivity contribution in [1.82, 2.24) is 0 Å². The molecule has 0 heteroatoms. The number of benzene rings is 2. The molecule has 0 aliphatic rings. The van der Waals surface area contributed by atoms with Crippen LogP contribution in [0.15, 0.2) is 30.3 Å². The molecule has 22 heavy (non-hydrogen) atoms. The summed E-state index contributed by atoms with van der Waals surface area (Å²) in [5.74, 6) is 0. The standard InChI is InChI=1S/C11H16.C9H12.2CH4/c1-5-11-7-8(2)6-9(3)10(11)4;1-7-4-5-8(2)9(3)6-7;;/h6-7H,5H2,1-4H3;4-6H,1-3H3;2*1H4. The Morgan fingerprint density at radius 1 is 0.636 bits per heavy atom. The van der Waals surface area contributed by atoms with Crippen LogP contribution in [0, 0.1) is 41.5 Å². The molecule has 0 aromatic heterocycles. The number of hydrogen-bond donors (Lipinski definition) is 0. The Balaban J connectivity index is 0. The van der Waals surface area contributed by atoms with Gasteiger partial charge in [0.2, 0.25) is 0 Å². The quantitative estimate of drug-likeness (QED) is 0.529. The van der Waals surface area contributed by atoms with Crippen molar-refractivity contribution in [1.29, 1.82) is 0 Å². The van der Waals surface area contributed by atoms with E-state index in [2.05, 4.69) is 78.8 Å². The molecular weight excluding hydrogens is 264 g/mol. The van der Waals surface area contributed by atoms with E-state index in [0.29, 0.717) is 0 Å². The van der Waals surface area contributed by atoms with Crippen molar-refractivity contribution >= 4 is 0 Å². The van der Waals surface area contributed by atoms with Crippen molar-refractivity contribution in [3.63, 3.8) is 0 Å². The highest BCUT2D eigenvalue weighted by molar-refractivity contribution is 5.37. The molecular formula is C22H36. The van der Waals surface area contributed by atoms with E-state index in [1.807, 2.05) is 0 Å². The van der Waals surface area contributed by atoms with Gasteiger partial charge in [-0.25, -0.2) is 0 Å². The average molecular weight is 301 g/mol. The van der Waals surface area contributed by atoms with Crippen LogP contribution < -0.4 is 0 Å². The van der Waals surface area contributed by atoms with Crippen LogP contribution in [0.4, 0.5) is 0 Å². The van der Waals surface area contributed by atoms with Gasteiger partial charge in [-0.05, 0) is 75.8 Å². The molecule has 0 bridgehead atoms. The molecule has 0 aliphatic heterocycles. The topological polar surface area (TPSA) is 0 Å². The summed E-state index contributed by atoms with van der Waals surface area (Å²) in [5, 5.41) is 0. The molecule has 0 spiro atoms. The highest BCUT2D eigenvalue weighted by Crippen LogP contribution is 2.15. The molecule has 0 atom stereocenters. The molecule has 2 aromatic rings. The van der Waals surface area contributed by atoms with Crippen LogP contribution in [-0.4, -0.2) is 0 Å². The molecule has 0 heterocycles. The Bertz CT molecular complexity index is 577. The fourth-order valence-electron chi connectivity index (χ4n) is 2.39. The monoisotopic (exact) mass is 300 g/mol. The van der Waals surface area contributed by atoms with Crippen LogP contribution in [0.2, 0.25) is 0 Å². The molecule has 0 nitrogen and oxygen atoms in total. The van der Waals surface area contributed by atoms with Crippen molar-refractivity contribution in [2.45, 2.75) is 69.7 Å². The van der Waals surface area contributed by atoms with E-state index < -0.39 is 0 Å². The molecule has 2 rings (SSSR count). The minimum Gasteiger partial charge on any atom is -0.0776 e. The molecule has 0 amide bonds. The summed E-state index contributed by atoms with van der Waals surface area (Å²) in [6.45, 7) is 15.1. The zero-order valence-electron chi connectivity index (χ0n) is 14.1. The second kappa shape index (κ2) is 10.2. The Morgan fingerprint density at radius 3 is 1.64 bits per heavy atom. The van der Waals surface area contributed by atoms with Gasteiger partial charge in [0, 0.05) is 0 Å². The largest absolute Gasteiger partial charge is 0.0776 e. The van der Waals surface area contributed by atoms with Crippen LogP contribution in [0.5, 0.6) is 0 Å². The van der Waals surface area contributed by atoms with E-state index in [1.54, 1.807) is 0 Å². The molecule has 0 aliphatic carbocycles. The van der Waals surface area contributed by atoms with E-state index in [0.717, 1.165) is 6.42 Å². The third kappa shape index (κ3) is 6.47. The number of rotatable bonds is 1. The maximum absolute atomic E-state index is 2.28. The second-order valence-electron chi connectivity index (χ2n) is 5.81. The lowest BCUT2D eigenvalue weighted by Gasteiger charge is -2.07. The van der Waals surface area contributed by atoms with Gasteiger partial charge in [0.15, 0.2) is 0 Å². The highest BCUT2D eigenvalue weighted by atomic mass is 14.0. The van der Waals surface area contributed by atoms with Crippen LogP contribution >= 0.6 is 0 Å². The predicted molar refractivity (Wildman–Crippen MR) is 104 cm³/mol. The van der Waals surface area contributed by atoms with Crippen molar-refractivity contribution in [3.05, 3.63) is 69.3 Å². The number of hydrogen-bond acceptors (Lipinski definition) is 0. The molecule has 0 radical (unpaired) electrons. The van der Waals surface area contributed by atoms with Crippen LogP contribution in [0.25, 0.3) is 0 Å². The molecule has 0 N–H and O–H groups in total. The third-order valence-corrected chi connectivity index (χ3v) is 3.96. The number of aryl methyl sites for hydroxylation is 6. The van der Waals surface area contributed by atoms with Crippen LogP contribution in [0.3, 0.4) is 0 Å². The van der Waals surface area contributed by atoms with Crippen LogP contribution in [0.1, 0.15) is 60.7 Å². The fourth-order valence-corrected chi connectivity index (χ4v) is 2.39. The molecule has 2 aromatic carbocycles. The summed E-state index contributed by atoms with van der Waals surface area (Å²) >= 11 is 0. The first-order chi connectivity index (χ1) is 9.35. The van der Waals surface area contributed by atoms with Gasteiger partial charge >= 0.3 is 0 Å². The predicted octanol–water partition coefficient (Wildman–Crippen LogP) is 7.06. The van der Waals surface area contributed by atoms with E-state index in [-0.39, 0.29) is 14.9 Å². The maximum Gasteiger partial charge on any atom is -0.0305 e. The summed E-state index contributed by atoms with van der Waals surface area (Å²) in [6, 6.07) is 11.0. The van der Waals surface area contributed by atoms with E-state index in [1.165, 1.54) is 38.9 Å². The van der Waals surface area contributed by atoms with Gasteiger partial charge < -0.3 is 0 Å². The van der Waals surface area contributed by atoms with Crippen LogP contribution in [-0.2, 0) is 6.42 Å². The zero-order chi connectivity index (χ0) is 15.3. The van der Waals surface area contributed by atoms with Gasteiger partial charge in [-0.3, -0.25) is 0 Å². The van der Waals surface area contributed by atoms with Gasteiger partial charge in [-0.2, -0.15) is 0 Å². The summed E-state index contributed by atoms with van der Waals surface area (Å²) in [5.41, 5.74) is 9.85. The SMILES string of the molecule is C.C.CCc1cc(C)cc(C)c1C.Cc1ccc(C)c(C)c1. The first kappa shape index (κ1) is 22.7. The van der Waals surface area contributed by atoms with Crippen molar-refractivity contribution < 1.29 is 0 Å². The first-order valence-electron chi connectivity index (χ1n) is 7.45. The molecule has 0 saturated heterocycles. The van der Waals surface area contributed by atoms with Gasteiger partial charge in [0.05, 0.1) is 0 Å². The average Bonchev–Trinajstić information content (AvgIpc) is 2.39. The Labute approximate surface area is 139 Å². The Morgan fingerprint density at radius 2 is 1.18 bits per heavy atom. The lowest BCUT2D eigenvalue weighted by molar-refractivity contribution is 1.08. The summed E-state index contributed by atoms with van der Waals surface area (Å²) in [6.07, 6.45) is 1.15. The van der Waals surface area contributed by atoms with Gasteiger partial charge in [-0.1, -0.05) is 63.2 Å². The second-order valence-corrected chi connectivity index (χ2v) is 5.81. The van der Waals surface area contributed by atoms with Gasteiger partial charge in [-0.15, -0.1) is 0 Å². The Hall–Kier alpha value is -1.56. The summed E-state index contributed by atoms with van der Waals surface area (Å²) in [4.78, 5) is 0. The molecule has 0 unspecified atom stereocenters. The lowest BCUT2D eigenvalue weighted by atomic mass is 9.99.